The van der Waals surface area contributed by atoms with Crippen molar-refractivity contribution >= 4 is 17.5 Å². The second kappa shape index (κ2) is 7.33. The van der Waals surface area contributed by atoms with Gasteiger partial charge < -0.3 is 25.3 Å². The first-order valence-corrected chi connectivity index (χ1v) is 6.69. The molecule has 1 aliphatic heterocycles. The first kappa shape index (κ1) is 14.9. The van der Waals surface area contributed by atoms with Gasteiger partial charge in [0.2, 0.25) is 5.91 Å². The SMILES string of the molecule is NC(=O)COCCNCc1cc(Cl)c2c(c1)OCCO2. The van der Waals surface area contributed by atoms with Crippen LogP contribution in [0.15, 0.2) is 12.1 Å². The molecule has 0 saturated carbocycles. The Hall–Kier alpha value is -1.50. The molecule has 0 aliphatic carbocycles. The maximum atomic E-state index is 10.5. The summed E-state index contributed by atoms with van der Waals surface area (Å²) in [7, 11) is 0. The number of ether oxygens (including phenoxy) is 3. The normalized spacial score (nSPS) is 13.2. The van der Waals surface area contributed by atoms with E-state index in [4.69, 9.17) is 31.5 Å². The van der Waals surface area contributed by atoms with Crippen LogP contribution < -0.4 is 20.5 Å². The summed E-state index contributed by atoms with van der Waals surface area (Å²) < 4.78 is 16.0. The van der Waals surface area contributed by atoms with Crippen LogP contribution in [-0.2, 0) is 16.1 Å². The van der Waals surface area contributed by atoms with Gasteiger partial charge in [0.25, 0.3) is 0 Å². The predicted octanol–water partition coefficient (Wildman–Crippen LogP) is 0.703. The number of carbonyl (C=O) groups is 1. The van der Waals surface area contributed by atoms with E-state index in [1.807, 2.05) is 12.1 Å². The zero-order valence-corrected chi connectivity index (χ0v) is 11.7. The van der Waals surface area contributed by atoms with Gasteiger partial charge in [-0.2, -0.15) is 0 Å². The molecule has 6 nitrogen and oxygen atoms in total. The number of benzene rings is 1. The third-order valence-corrected chi connectivity index (χ3v) is 2.93. The molecule has 0 fully saturated rings. The summed E-state index contributed by atoms with van der Waals surface area (Å²) in [4.78, 5) is 10.5. The maximum absolute atomic E-state index is 10.5. The molecule has 0 radical (unpaired) electrons. The molecule has 1 aromatic carbocycles. The molecule has 20 heavy (non-hydrogen) atoms. The van der Waals surface area contributed by atoms with E-state index in [-0.39, 0.29) is 6.61 Å². The van der Waals surface area contributed by atoms with Crippen molar-refractivity contribution in [3.05, 3.63) is 22.7 Å². The van der Waals surface area contributed by atoms with Crippen molar-refractivity contribution < 1.29 is 19.0 Å². The molecular formula is C13H17ClN2O4. The van der Waals surface area contributed by atoms with Crippen molar-refractivity contribution in [1.82, 2.24) is 5.32 Å². The highest BCUT2D eigenvalue weighted by molar-refractivity contribution is 6.32. The quantitative estimate of drug-likeness (QED) is 0.725. The molecule has 0 unspecified atom stereocenters. The van der Waals surface area contributed by atoms with Gasteiger partial charge >= 0.3 is 0 Å². The molecule has 3 N–H and O–H groups in total. The Kier molecular flexibility index (Phi) is 5.46. The van der Waals surface area contributed by atoms with E-state index in [0.29, 0.717) is 49.4 Å². The second-order valence-electron chi connectivity index (χ2n) is 4.30. The molecule has 0 saturated heterocycles. The monoisotopic (exact) mass is 300 g/mol. The summed E-state index contributed by atoms with van der Waals surface area (Å²) >= 11 is 6.14. The number of rotatable bonds is 7. The lowest BCUT2D eigenvalue weighted by molar-refractivity contribution is -0.122. The lowest BCUT2D eigenvalue weighted by atomic mass is 10.2. The second-order valence-corrected chi connectivity index (χ2v) is 4.70. The summed E-state index contributed by atoms with van der Waals surface area (Å²) in [5.74, 6) is 0.806. The van der Waals surface area contributed by atoms with E-state index < -0.39 is 5.91 Å². The van der Waals surface area contributed by atoms with Crippen LogP contribution in [0.1, 0.15) is 5.56 Å². The fraction of sp³-hybridized carbons (Fsp3) is 0.462. The molecule has 0 spiro atoms. The average molecular weight is 301 g/mol. The number of hydrogen-bond donors (Lipinski definition) is 2. The van der Waals surface area contributed by atoms with Crippen LogP contribution >= 0.6 is 11.6 Å². The Morgan fingerprint density at radius 3 is 3.00 bits per heavy atom. The number of hydrogen-bond acceptors (Lipinski definition) is 5. The molecule has 110 valence electrons. The van der Waals surface area contributed by atoms with Gasteiger partial charge in [0.05, 0.1) is 11.6 Å². The minimum atomic E-state index is -0.469. The highest BCUT2D eigenvalue weighted by Crippen LogP contribution is 2.38. The molecule has 7 heteroatoms. The van der Waals surface area contributed by atoms with E-state index in [9.17, 15) is 4.79 Å². The molecule has 0 aromatic heterocycles. The van der Waals surface area contributed by atoms with Crippen LogP contribution in [0.4, 0.5) is 0 Å². The van der Waals surface area contributed by atoms with E-state index in [2.05, 4.69) is 5.32 Å². The Labute approximate surface area is 122 Å². The van der Waals surface area contributed by atoms with Crippen LogP contribution in [0.2, 0.25) is 5.02 Å². The molecule has 1 heterocycles. The summed E-state index contributed by atoms with van der Waals surface area (Å²) in [5.41, 5.74) is 5.95. The largest absolute Gasteiger partial charge is 0.486 e. The number of amides is 1. The Morgan fingerprint density at radius 1 is 1.40 bits per heavy atom. The summed E-state index contributed by atoms with van der Waals surface area (Å²) in [6.07, 6.45) is 0. The number of nitrogens with two attached hydrogens (primary N) is 1. The first-order valence-electron chi connectivity index (χ1n) is 6.31. The average Bonchev–Trinajstić information content (AvgIpc) is 2.42. The summed E-state index contributed by atoms with van der Waals surface area (Å²) in [5, 5.41) is 3.72. The van der Waals surface area contributed by atoms with Gasteiger partial charge in [-0.05, 0) is 17.7 Å². The molecule has 1 aromatic rings. The molecule has 0 atom stereocenters. The lowest BCUT2D eigenvalue weighted by Gasteiger charge is -2.20. The third kappa shape index (κ3) is 4.26. The van der Waals surface area contributed by atoms with Gasteiger partial charge in [0.15, 0.2) is 11.5 Å². The fourth-order valence-corrected chi connectivity index (χ4v) is 2.10. The van der Waals surface area contributed by atoms with Crippen LogP contribution in [-0.4, -0.2) is 38.9 Å². The fourth-order valence-electron chi connectivity index (χ4n) is 1.82. The Balaban J connectivity index is 1.78. The summed E-state index contributed by atoms with van der Waals surface area (Å²) in [6, 6.07) is 3.74. The topological polar surface area (TPSA) is 82.8 Å². The molecule has 2 rings (SSSR count). The molecule has 1 amide bonds. The number of nitrogens with one attached hydrogen (secondary N) is 1. The van der Waals surface area contributed by atoms with Gasteiger partial charge in [-0.1, -0.05) is 11.6 Å². The smallest absolute Gasteiger partial charge is 0.243 e. The first-order chi connectivity index (χ1) is 9.66. The number of halogens is 1. The van der Waals surface area contributed by atoms with E-state index in [0.717, 1.165) is 5.56 Å². The van der Waals surface area contributed by atoms with Gasteiger partial charge in [-0.15, -0.1) is 0 Å². The standard InChI is InChI=1S/C13H17ClN2O4/c14-10-5-9(6-11-13(10)20-4-3-19-11)7-16-1-2-18-8-12(15)17/h5-6,16H,1-4,7-8H2,(H2,15,17). The number of fused-ring (bicyclic) bond motifs is 1. The van der Waals surface area contributed by atoms with Gasteiger partial charge in [-0.25, -0.2) is 0 Å². The van der Waals surface area contributed by atoms with Gasteiger partial charge in [0, 0.05) is 13.1 Å². The molecule has 0 bridgehead atoms. The van der Waals surface area contributed by atoms with Crippen LogP contribution in [0, 0.1) is 0 Å². The molecule has 1 aliphatic rings. The highest BCUT2D eigenvalue weighted by atomic mass is 35.5. The zero-order chi connectivity index (χ0) is 14.4. The Morgan fingerprint density at radius 2 is 2.20 bits per heavy atom. The van der Waals surface area contributed by atoms with Crippen molar-refractivity contribution in [3.63, 3.8) is 0 Å². The number of carbonyl (C=O) groups excluding carboxylic acids is 1. The van der Waals surface area contributed by atoms with E-state index >= 15 is 0 Å². The minimum Gasteiger partial charge on any atom is -0.486 e. The van der Waals surface area contributed by atoms with Crippen LogP contribution in [0.5, 0.6) is 11.5 Å². The van der Waals surface area contributed by atoms with Crippen molar-refractivity contribution in [2.75, 3.05) is 33.0 Å². The highest BCUT2D eigenvalue weighted by Gasteiger charge is 2.16. The predicted molar refractivity (Wildman–Crippen MR) is 74.2 cm³/mol. The van der Waals surface area contributed by atoms with E-state index in [1.54, 1.807) is 0 Å². The van der Waals surface area contributed by atoms with Crippen LogP contribution in [0.3, 0.4) is 0 Å². The minimum absolute atomic E-state index is 0.0580. The molecular weight excluding hydrogens is 284 g/mol. The lowest BCUT2D eigenvalue weighted by Crippen LogP contribution is -2.24. The van der Waals surface area contributed by atoms with Crippen molar-refractivity contribution in [1.29, 1.82) is 0 Å². The zero-order valence-electron chi connectivity index (χ0n) is 11.0. The maximum Gasteiger partial charge on any atom is 0.243 e. The van der Waals surface area contributed by atoms with Gasteiger partial charge in [0.1, 0.15) is 19.8 Å². The van der Waals surface area contributed by atoms with Crippen molar-refractivity contribution in [3.8, 4) is 11.5 Å². The van der Waals surface area contributed by atoms with Crippen molar-refractivity contribution in [2.24, 2.45) is 5.73 Å². The summed E-state index contributed by atoms with van der Waals surface area (Å²) in [6.45, 7) is 2.64. The number of primary amides is 1. The van der Waals surface area contributed by atoms with Crippen molar-refractivity contribution in [2.45, 2.75) is 6.54 Å². The Bertz CT molecular complexity index is 482. The van der Waals surface area contributed by atoms with Crippen LogP contribution in [0.25, 0.3) is 0 Å². The third-order valence-electron chi connectivity index (χ3n) is 2.65. The van der Waals surface area contributed by atoms with E-state index in [1.165, 1.54) is 0 Å². The van der Waals surface area contributed by atoms with Gasteiger partial charge in [-0.3, -0.25) is 4.79 Å².